The van der Waals surface area contributed by atoms with Crippen LogP contribution in [0.15, 0.2) is 34.7 Å². The lowest BCUT2D eigenvalue weighted by Gasteiger charge is -2.36. The molecule has 1 saturated carbocycles. The minimum absolute atomic E-state index is 0.138. The van der Waals surface area contributed by atoms with Gasteiger partial charge in [0.05, 0.1) is 23.1 Å². The van der Waals surface area contributed by atoms with Crippen molar-refractivity contribution in [3.05, 3.63) is 41.6 Å². The molecule has 2 amide bonds. The number of urea groups is 1. The third-order valence-electron chi connectivity index (χ3n) is 5.97. The number of aliphatic hydroxyl groups excluding tert-OH is 1. The van der Waals surface area contributed by atoms with Gasteiger partial charge >= 0.3 is 12.0 Å². The molecule has 2 unspecified atom stereocenters. The first-order valence-electron chi connectivity index (χ1n) is 11.1. The van der Waals surface area contributed by atoms with Crippen molar-refractivity contribution in [2.24, 2.45) is 5.92 Å². The van der Waals surface area contributed by atoms with Gasteiger partial charge in [-0.25, -0.2) is 9.78 Å². The molecule has 10 heteroatoms. The number of benzene rings is 1. The average molecular weight is 494 g/mol. The normalized spacial score (nSPS) is 20.1. The smallest absolute Gasteiger partial charge is 0.323 e. The van der Waals surface area contributed by atoms with E-state index in [9.17, 15) is 18.9 Å². The summed E-state index contributed by atoms with van der Waals surface area (Å²) in [6.07, 6.45) is 5.57. The molecule has 1 heterocycles. The van der Waals surface area contributed by atoms with Crippen molar-refractivity contribution in [1.29, 1.82) is 0 Å². The highest BCUT2D eigenvalue weighted by atomic mass is 32.2. The van der Waals surface area contributed by atoms with Crippen LogP contribution in [0.4, 0.5) is 9.93 Å². The minimum Gasteiger partial charge on any atom is -0.481 e. The fourth-order valence-electron chi connectivity index (χ4n) is 3.99. The van der Waals surface area contributed by atoms with Crippen molar-refractivity contribution in [3.8, 4) is 0 Å². The van der Waals surface area contributed by atoms with E-state index in [1.807, 2.05) is 29.2 Å². The number of hydrogen-bond donors (Lipinski definition) is 3. The first kappa shape index (κ1) is 25.3. The van der Waals surface area contributed by atoms with Gasteiger partial charge in [-0.1, -0.05) is 42.5 Å². The van der Waals surface area contributed by atoms with Crippen molar-refractivity contribution in [2.45, 2.75) is 62.3 Å². The second-order valence-electron chi connectivity index (χ2n) is 8.57. The molecular formula is C23H31N3O5S2. The maximum atomic E-state index is 13.2. The Morgan fingerprint density at radius 2 is 1.91 bits per heavy atom. The molecular weight excluding hydrogens is 462 g/mol. The molecule has 2 atom stereocenters. The molecule has 0 radical (unpaired) electrons. The number of hydrogen-bond acceptors (Lipinski definition) is 6. The molecule has 1 aliphatic carbocycles. The van der Waals surface area contributed by atoms with Crippen LogP contribution in [0.3, 0.4) is 0 Å². The van der Waals surface area contributed by atoms with E-state index in [0.29, 0.717) is 28.2 Å². The summed E-state index contributed by atoms with van der Waals surface area (Å²) < 4.78 is 12.4. The lowest BCUT2D eigenvalue weighted by Crippen LogP contribution is -2.45. The molecule has 8 nitrogen and oxygen atoms in total. The molecule has 0 spiro atoms. The summed E-state index contributed by atoms with van der Waals surface area (Å²) in [6.45, 7) is 4.51. The monoisotopic (exact) mass is 493 g/mol. The molecule has 3 rings (SSSR count). The largest absolute Gasteiger partial charge is 0.481 e. The average Bonchev–Trinajstić information content (AvgIpc) is 3.23. The summed E-state index contributed by atoms with van der Waals surface area (Å²) in [7, 11) is -1.69. The molecule has 1 aromatic heterocycles. The Kier molecular flexibility index (Phi) is 8.99. The Hall–Kier alpha value is -2.30. The van der Waals surface area contributed by atoms with E-state index in [-0.39, 0.29) is 12.1 Å². The number of anilines is 1. The number of amides is 2. The number of thiazole rings is 1. The van der Waals surface area contributed by atoms with Crippen LogP contribution in [0, 0.1) is 5.92 Å². The highest BCUT2D eigenvalue weighted by Crippen LogP contribution is 2.29. The zero-order valence-corrected chi connectivity index (χ0v) is 20.5. The molecule has 1 aliphatic rings. The Labute approximate surface area is 200 Å². The van der Waals surface area contributed by atoms with Gasteiger partial charge < -0.3 is 15.1 Å². The van der Waals surface area contributed by atoms with Gasteiger partial charge in [0.2, 0.25) is 0 Å². The van der Waals surface area contributed by atoms with Crippen molar-refractivity contribution in [3.63, 3.8) is 0 Å². The van der Waals surface area contributed by atoms with E-state index < -0.39 is 28.6 Å². The van der Waals surface area contributed by atoms with Crippen LogP contribution >= 0.6 is 11.3 Å². The van der Waals surface area contributed by atoms with Crippen LogP contribution in [0.5, 0.6) is 0 Å². The molecule has 3 N–H and O–H groups in total. The van der Waals surface area contributed by atoms with E-state index in [0.717, 1.165) is 48.1 Å². The maximum absolute atomic E-state index is 13.2. The predicted octanol–water partition coefficient (Wildman–Crippen LogP) is 4.04. The van der Waals surface area contributed by atoms with Crippen LogP contribution in [0.2, 0.25) is 0 Å². The van der Waals surface area contributed by atoms with Crippen molar-refractivity contribution >= 4 is 39.3 Å². The van der Waals surface area contributed by atoms with Gasteiger partial charge in [0.1, 0.15) is 9.96 Å². The Bertz CT molecular complexity index is 969. The number of aliphatic hydroxyl groups is 1. The van der Waals surface area contributed by atoms with Crippen LogP contribution in [0.25, 0.3) is 0 Å². The predicted molar refractivity (Wildman–Crippen MR) is 129 cm³/mol. The summed E-state index contributed by atoms with van der Waals surface area (Å²) >= 11 is 1.04. The standard InChI is InChI=1S/C23H31N3O5S2/c1-15-3-9-19(10-4-15)26(12-11-17-5-7-18(8-6-17)16(2)27)23(30)25-22-24-13-21(32-22)33(31)14-20(28)29/h5-8,13,15-16,19,27H,3-4,9-12,14H2,1-2H3,(H,28,29)(H,24,25,30). The van der Waals surface area contributed by atoms with Crippen LogP contribution in [0.1, 0.15) is 56.8 Å². The second-order valence-corrected chi connectivity index (χ2v) is 11.3. The van der Waals surface area contributed by atoms with Crippen molar-refractivity contribution < 1.29 is 24.0 Å². The second kappa shape index (κ2) is 11.7. The lowest BCUT2D eigenvalue weighted by molar-refractivity contribution is -0.133. The van der Waals surface area contributed by atoms with E-state index in [2.05, 4.69) is 17.2 Å². The highest BCUT2D eigenvalue weighted by Gasteiger charge is 2.28. The summed E-state index contributed by atoms with van der Waals surface area (Å²) in [5, 5.41) is 21.7. The quantitative estimate of drug-likeness (QED) is 0.485. The summed E-state index contributed by atoms with van der Waals surface area (Å²) in [4.78, 5) is 30.0. The molecule has 0 saturated heterocycles. The number of aromatic nitrogens is 1. The molecule has 33 heavy (non-hydrogen) atoms. The van der Waals surface area contributed by atoms with Crippen molar-refractivity contribution in [2.75, 3.05) is 17.6 Å². The van der Waals surface area contributed by atoms with Gasteiger partial charge in [-0.15, -0.1) is 0 Å². The number of aliphatic carboxylic acids is 1. The first-order valence-corrected chi connectivity index (χ1v) is 13.3. The topological polar surface area (TPSA) is 120 Å². The van der Waals surface area contributed by atoms with Gasteiger partial charge in [-0.2, -0.15) is 0 Å². The highest BCUT2D eigenvalue weighted by molar-refractivity contribution is 7.88. The fraction of sp³-hybridized carbons (Fsp3) is 0.522. The molecule has 1 fully saturated rings. The Morgan fingerprint density at radius 1 is 1.24 bits per heavy atom. The van der Waals surface area contributed by atoms with Gasteiger partial charge in [0, 0.05) is 12.6 Å². The fourth-order valence-corrected chi connectivity index (χ4v) is 5.85. The molecule has 0 bridgehead atoms. The summed E-state index contributed by atoms with van der Waals surface area (Å²) in [5.74, 6) is -0.980. The number of rotatable bonds is 9. The van der Waals surface area contributed by atoms with E-state index in [1.54, 1.807) is 6.92 Å². The van der Waals surface area contributed by atoms with Gasteiger partial charge in [-0.3, -0.25) is 14.3 Å². The van der Waals surface area contributed by atoms with Crippen molar-refractivity contribution in [1.82, 2.24) is 9.88 Å². The van der Waals surface area contributed by atoms with Gasteiger partial charge in [0.15, 0.2) is 5.13 Å². The van der Waals surface area contributed by atoms with E-state index in [4.69, 9.17) is 5.11 Å². The number of nitrogens with zero attached hydrogens (tertiary/aromatic N) is 2. The molecule has 180 valence electrons. The summed E-state index contributed by atoms with van der Waals surface area (Å²) in [5.41, 5.74) is 1.94. The van der Waals surface area contributed by atoms with Gasteiger partial charge in [-0.05, 0) is 56.1 Å². The van der Waals surface area contributed by atoms with E-state index >= 15 is 0 Å². The third kappa shape index (κ3) is 7.35. The number of nitrogens with one attached hydrogen (secondary N) is 1. The summed E-state index contributed by atoms with van der Waals surface area (Å²) in [6, 6.07) is 7.65. The lowest BCUT2D eigenvalue weighted by atomic mass is 9.86. The maximum Gasteiger partial charge on any atom is 0.323 e. The minimum atomic E-state index is -1.69. The number of carbonyl (C=O) groups excluding carboxylic acids is 1. The molecule has 0 aliphatic heterocycles. The number of carboxylic acid groups (broad SMARTS) is 1. The van der Waals surface area contributed by atoms with Crippen LogP contribution in [-0.4, -0.2) is 54.6 Å². The van der Waals surface area contributed by atoms with E-state index in [1.165, 1.54) is 6.20 Å². The molecule has 2 aromatic rings. The Balaban J connectivity index is 1.68. The Morgan fingerprint density at radius 3 is 2.52 bits per heavy atom. The number of carboxylic acids is 1. The zero-order chi connectivity index (χ0) is 24.0. The van der Waals surface area contributed by atoms with Crippen LogP contribution < -0.4 is 5.32 Å². The molecule has 1 aromatic carbocycles. The van der Waals surface area contributed by atoms with Crippen LogP contribution in [-0.2, 0) is 22.0 Å². The SMILES string of the molecule is CC1CCC(N(CCc2ccc(C(C)O)cc2)C(=O)Nc2ncc(S(=O)CC(=O)O)s2)CC1. The first-order chi connectivity index (χ1) is 15.7. The number of carbonyl (C=O) groups is 2. The zero-order valence-electron chi connectivity index (χ0n) is 18.9. The van der Waals surface area contributed by atoms with Gasteiger partial charge in [0.25, 0.3) is 0 Å². The third-order valence-corrected chi connectivity index (χ3v) is 8.55.